The standard InChI is InChI=1S/C20H18F2O8S/c21-20(22)16(12-31(25,26)27)29-15(11-28-18(23)13-7-3-1-4-8-13)17(20)30-19(24)14-9-5-2-6-10-14/h1-10,15-17H,11-12H2,(H,25,26,27)/t15-,16?,17-/m1/s1. The van der Waals surface area contributed by atoms with Gasteiger partial charge in [-0.05, 0) is 24.3 Å². The van der Waals surface area contributed by atoms with E-state index in [2.05, 4.69) is 0 Å². The van der Waals surface area contributed by atoms with Crippen LogP contribution < -0.4 is 0 Å². The van der Waals surface area contributed by atoms with E-state index in [1.165, 1.54) is 36.4 Å². The Labute approximate surface area is 176 Å². The number of esters is 2. The molecule has 0 saturated carbocycles. The molecule has 2 aromatic carbocycles. The first-order valence-corrected chi connectivity index (χ1v) is 10.7. The van der Waals surface area contributed by atoms with Gasteiger partial charge in [0.2, 0.25) is 0 Å². The van der Waals surface area contributed by atoms with E-state index in [9.17, 15) is 26.8 Å². The van der Waals surface area contributed by atoms with Crippen LogP contribution in [0.3, 0.4) is 0 Å². The van der Waals surface area contributed by atoms with Crippen LogP contribution in [0.15, 0.2) is 60.7 Å². The summed E-state index contributed by atoms with van der Waals surface area (Å²) in [5, 5.41) is 0. The third-order valence-corrected chi connectivity index (χ3v) is 5.20. The van der Waals surface area contributed by atoms with Crippen molar-refractivity contribution in [1.29, 1.82) is 0 Å². The van der Waals surface area contributed by atoms with Crippen molar-refractivity contribution in [2.75, 3.05) is 12.4 Å². The average Bonchev–Trinajstić information content (AvgIpc) is 2.95. The zero-order chi connectivity index (χ0) is 22.6. The van der Waals surface area contributed by atoms with Gasteiger partial charge in [0.05, 0.1) is 11.1 Å². The number of benzene rings is 2. The minimum atomic E-state index is -4.83. The molecule has 1 saturated heterocycles. The fourth-order valence-electron chi connectivity index (χ4n) is 3.00. The van der Waals surface area contributed by atoms with Gasteiger partial charge < -0.3 is 14.2 Å². The Morgan fingerprint density at radius 3 is 2.00 bits per heavy atom. The van der Waals surface area contributed by atoms with Gasteiger partial charge in [-0.2, -0.15) is 17.2 Å². The summed E-state index contributed by atoms with van der Waals surface area (Å²) >= 11 is 0. The Morgan fingerprint density at radius 2 is 1.48 bits per heavy atom. The second-order valence-electron chi connectivity index (χ2n) is 6.74. The quantitative estimate of drug-likeness (QED) is 0.499. The number of carbonyl (C=O) groups is 2. The van der Waals surface area contributed by atoms with Gasteiger partial charge in [0.15, 0.2) is 6.10 Å². The molecule has 0 spiro atoms. The second kappa shape index (κ2) is 9.08. The Hall–Kier alpha value is -2.89. The van der Waals surface area contributed by atoms with Crippen LogP contribution in [0.5, 0.6) is 0 Å². The van der Waals surface area contributed by atoms with Crippen LogP contribution in [-0.4, -0.2) is 61.5 Å². The largest absolute Gasteiger partial charge is 0.459 e. The maximum Gasteiger partial charge on any atom is 0.338 e. The molecule has 3 rings (SSSR count). The highest BCUT2D eigenvalue weighted by Crippen LogP contribution is 2.39. The molecule has 1 aliphatic rings. The molecule has 166 valence electrons. The molecular weight excluding hydrogens is 438 g/mol. The first-order valence-electron chi connectivity index (χ1n) is 9.04. The Balaban J connectivity index is 1.79. The van der Waals surface area contributed by atoms with Crippen LogP contribution >= 0.6 is 0 Å². The maximum absolute atomic E-state index is 14.9. The summed E-state index contributed by atoms with van der Waals surface area (Å²) in [4.78, 5) is 24.4. The number of hydrogen-bond donors (Lipinski definition) is 1. The minimum absolute atomic E-state index is 0.0171. The third kappa shape index (κ3) is 5.63. The van der Waals surface area contributed by atoms with Crippen LogP contribution in [0, 0.1) is 0 Å². The molecular formula is C20H18F2O8S. The van der Waals surface area contributed by atoms with Crippen LogP contribution in [0.1, 0.15) is 20.7 Å². The van der Waals surface area contributed by atoms with E-state index in [0.29, 0.717) is 0 Å². The smallest absolute Gasteiger partial charge is 0.338 e. The van der Waals surface area contributed by atoms with E-state index in [-0.39, 0.29) is 11.1 Å². The van der Waals surface area contributed by atoms with Crippen molar-refractivity contribution < 1.29 is 45.6 Å². The van der Waals surface area contributed by atoms with Crippen molar-refractivity contribution in [2.45, 2.75) is 24.2 Å². The summed E-state index contributed by atoms with van der Waals surface area (Å²) in [6.45, 7) is -0.738. The van der Waals surface area contributed by atoms with Crippen molar-refractivity contribution in [2.24, 2.45) is 0 Å². The SMILES string of the molecule is O=C(OC[C@H]1OC(CS(=O)(=O)O)C(F)(F)[C@@H]1OC(=O)c1ccccc1)c1ccccc1. The zero-order valence-corrected chi connectivity index (χ0v) is 16.7. The summed E-state index contributed by atoms with van der Waals surface area (Å²) in [7, 11) is -4.83. The van der Waals surface area contributed by atoms with E-state index in [0.717, 1.165) is 0 Å². The van der Waals surface area contributed by atoms with E-state index in [4.69, 9.17) is 18.8 Å². The maximum atomic E-state index is 14.9. The number of alkyl halides is 2. The Morgan fingerprint density at radius 1 is 0.968 bits per heavy atom. The van der Waals surface area contributed by atoms with Gasteiger partial charge in [-0.3, -0.25) is 4.55 Å². The predicted octanol–water partition coefficient (Wildman–Crippen LogP) is 2.36. The van der Waals surface area contributed by atoms with Crippen LogP contribution in [0.2, 0.25) is 0 Å². The summed E-state index contributed by atoms with van der Waals surface area (Å²) in [5.74, 6) is -7.34. The fraction of sp³-hybridized carbons (Fsp3) is 0.300. The van der Waals surface area contributed by atoms with Gasteiger partial charge in [-0.15, -0.1) is 0 Å². The number of hydrogen-bond acceptors (Lipinski definition) is 7. The van der Waals surface area contributed by atoms with Gasteiger partial charge in [-0.1, -0.05) is 36.4 Å². The lowest BCUT2D eigenvalue weighted by molar-refractivity contribution is -0.111. The molecule has 31 heavy (non-hydrogen) atoms. The van der Waals surface area contributed by atoms with Crippen molar-refractivity contribution in [3.63, 3.8) is 0 Å². The number of ether oxygens (including phenoxy) is 3. The van der Waals surface area contributed by atoms with Crippen LogP contribution in [-0.2, 0) is 24.3 Å². The van der Waals surface area contributed by atoms with E-state index in [1.807, 2.05) is 0 Å². The molecule has 1 N–H and O–H groups in total. The lowest BCUT2D eigenvalue weighted by Gasteiger charge is -2.23. The van der Waals surface area contributed by atoms with Crippen LogP contribution in [0.4, 0.5) is 8.78 Å². The highest BCUT2D eigenvalue weighted by molar-refractivity contribution is 7.85. The van der Waals surface area contributed by atoms with Gasteiger partial charge in [-0.25, -0.2) is 9.59 Å². The van der Waals surface area contributed by atoms with Gasteiger partial charge in [0.1, 0.15) is 24.6 Å². The van der Waals surface area contributed by atoms with Gasteiger partial charge in [0, 0.05) is 0 Å². The molecule has 8 nitrogen and oxygen atoms in total. The monoisotopic (exact) mass is 456 g/mol. The summed E-state index contributed by atoms with van der Waals surface area (Å²) in [5.41, 5.74) is 0.135. The molecule has 1 fully saturated rings. The molecule has 0 bridgehead atoms. The molecule has 1 unspecified atom stereocenters. The molecule has 0 amide bonds. The Bertz CT molecular complexity index is 1030. The number of halogens is 2. The summed E-state index contributed by atoms with van der Waals surface area (Å²) in [6.07, 6.45) is -6.23. The first-order chi connectivity index (χ1) is 14.6. The fourth-order valence-corrected chi connectivity index (χ4v) is 3.68. The zero-order valence-electron chi connectivity index (χ0n) is 15.9. The second-order valence-corrected chi connectivity index (χ2v) is 8.24. The Kier molecular flexibility index (Phi) is 6.68. The average molecular weight is 456 g/mol. The number of rotatable bonds is 7. The first kappa shape index (κ1) is 22.8. The van der Waals surface area contributed by atoms with Crippen molar-refractivity contribution in [3.8, 4) is 0 Å². The third-order valence-electron chi connectivity index (χ3n) is 4.48. The molecule has 0 aliphatic carbocycles. The normalized spacial score (nSPS) is 22.6. The van der Waals surface area contributed by atoms with Crippen molar-refractivity contribution >= 4 is 22.1 Å². The van der Waals surface area contributed by atoms with Gasteiger partial charge >= 0.3 is 17.9 Å². The lowest BCUT2D eigenvalue weighted by atomic mass is 10.1. The molecule has 11 heteroatoms. The lowest BCUT2D eigenvalue weighted by Crippen LogP contribution is -2.46. The summed E-state index contributed by atoms with van der Waals surface area (Å²) in [6, 6.07) is 15.0. The van der Waals surface area contributed by atoms with E-state index >= 15 is 0 Å². The minimum Gasteiger partial charge on any atom is -0.459 e. The van der Waals surface area contributed by atoms with Crippen LogP contribution in [0.25, 0.3) is 0 Å². The molecule has 0 aromatic heterocycles. The summed E-state index contributed by atoms with van der Waals surface area (Å²) < 4.78 is 75.9. The molecule has 3 atom stereocenters. The van der Waals surface area contributed by atoms with Crippen molar-refractivity contribution in [3.05, 3.63) is 71.8 Å². The number of carbonyl (C=O) groups excluding carboxylic acids is 2. The highest BCUT2D eigenvalue weighted by atomic mass is 32.2. The highest BCUT2D eigenvalue weighted by Gasteiger charge is 2.62. The predicted molar refractivity (Wildman–Crippen MR) is 102 cm³/mol. The van der Waals surface area contributed by atoms with Gasteiger partial charge in [0.25, 0.3) is 10.1 Å². The molecule has 1 aliphatic heterocycles. The topological polar surface area (TPSA) is 116 Å². The molecule has 2 aromatic rings. The van der Waals surface area contributed by atoms with Crippen molar-refractivity contribution in [1.82, 2.24) is 0 Å². The van der Waals surface area contributed by atoms with E-state index < -0.39 is 58.7 Å². The molecule has 0 radical (unpaired) electrons. The van der Waals surface area contributed by atoms with E-state index in [1.54, 1.807) is 24.3 Å². The molecule has 1 heterocycles.